The fraction of sp³-hybridized carbons (Fsp3) is 0.0909. The molecule has 2 rings (SSSR count). The number of aromatic nitrogens is 1. The lowest BCUT2D eigenvalue weighted by Gasteiger charge is -2.05. The second kappa shape index (κ2) is 5.73. The number of hydrogen-bond acceptors (Lipinski definition) is 4. The summed E-state index contributed by atoms with van der Waals surface area (Å²) in [4.78, 5) is 15.5. The van der Waals surface area contributed by atoms with Crippen LogP contribution in [0.2, 0.25) is 10.3 Å². The smallest absolute Gasteiger partial charge is 0.375 e. The quantitative estimate of drug-likeness (QED) is 0.617. The second-order valence-corrected chi connectivity index (χ2v) is 4.86. The molecule has 0 fully saturated rings. The Hall–Kier alpha value is -1.04. The van der Waals surface area contributed by atoms with Gasteiger partial charge in [-0.25, -0.2) is 9.78 Å². The first-order chi connectivity index (χ1) is 8.58. The van der Waals surface area contributed by atoms with E-state index in [1.54, 1.807) is 18.2 Å². The summed E-state index contributed by atoms with van der Waals surface area (Å²) in [7, 11) is 0. The summed E-state index contributed by atoms with van der Waals surface area (Å²) in [5.74, 6) is -0.481. The van der Waals surface area contributed by atoms with Gasteiger partial charge < -0.3 is 9.15 Å². The largest absolute Gasteiger partial charge is 0.456 e. The van der Waals surface area contributed by atoms with Crippen LogP contribution in [0.3, 0.4) is 0 Å². The van der Waals surface area contributed by atoms with Crippen molar-refractivity contribution in [2.75, 3.05) is 0 Å². The van der Waals surface area contributed by atoms with Crippen molar-refractivity contribution in [1.29, 1.82) is 0 Å². The van der Waals surface area contributed by atoms with Crippen LogP contribution in [-0.2, 0) is 11.3 Å². The molecular weight excluding hydrogens is 345 g/mol. The predicted molar refractivity (Wildman–Crippen MR) is 69.8 cm³/mol. The molecule has 0 bridgehead atoms. The van der Waals surface area contributed by atoms with Crippen LogP contribution >= 0.6 is 39.1 Å². The maximum Gasteiger partial charge on any atom is 0.375 e. The first-order valence-electron chi connectivity index (χ1n) is 4.79. The minimum Gasteiger partial charge on any atom is -0.456 e. The fourth-order valence-corrected chi connectivity index (χ4v) is 1.96. The number of carbonyl (C=O) groups is 1. The highest BCUT2D eigenvalue weighted by atomic mass is 79.9. The van der Waals surface area contributed by atoms with Gasteiger partial charge in [0.15, 0.2) is 0 Å². The SMILES string of the molecule is O=C(OCc1ccc(Cl)nc1Cl)c1occc1Br. The van der Waals surface area contributed by atoms with Gasteiger partial charge in [0, 0.05) is 5.56 Å². The molecule has 0 spiro atoms. The average Bonchev–Trinajstić information content (AvgIpc) is 2.74. The molecule has 0 aliphatic carbocycles. The number of carbonyl (C=O) groups excluding carboxylic acids is 1. The third kappa shape index (κ3) is 3.04. The highest BCUT2D eigenvalue weighted by molar-refractivity contribution is 9.10. The minimum atomic E-state index is -0.585. The highest BCUT2D eigenvalue weighted by Crippen LogP contribution is 2.21. The van der Waals surface area contributed by atoms with Crippen molar-refractivity contribution in [3.63, 3.8) is 0 Å². The zero-order chi connectivity index (χ0) is 13.1. The van der Waals surface area contributed by atoms with Crippen molar-refractivity contribution < 1.29 is 13.9 Å². The van der Waals surface area contributed by atoms with Crippen molar-refractivity contribution in [2.45, 2.75) is 6.61 Å². The van der Waals surface area contributed by atoms with E-state index in [4.69, 9.17) is 32.4 Å². The molecule has 0 aromatic carbocycles. The Morgan fingerprint density at radius 1 is 1.39 bits per heavy atom. The Bertz CT molecular complexity index is 585. The van der Waals surface area contributed by atoms with E-state index in [9.17, 15) is 4.79 Å². The van der Waals surface area contributed by atoms with Crippen LogP contribution in [0.5, 0.6) is 0 Å². The Morgan fingerprint density at radius 2 is 2.17 bits per heavy atom. The van der Waals surface area contributed by atoms with Gasteiger partial charge in [0.1, 0.15) is 16.9 Å². The highest BCUT2D eigenvalue weighted by Gasteiger charge is 2.16. The van der Waals surface area contributed by atoms with E-state index in [2.05, 4.69) is 20.9 Å². The van der Waals surface area contributed by atoms with Crippen molar-refractivity contribution in [3.05, 3.63) is 50.6 Å². The summed E-state index contributed by atoms with van der Waals surface area (Å²) in [6.45, 7) is -0.00498. The molecule has 0 amide bonds. The molecule has 18 heavy (non-hydrogen) atoms. The zero-order valence-corrected chi connectivity index (χ0v) is 11.9. The Kier molecular flexibility index (Phi) is 4.27. The minimum absolute atomic E-state index is 0.00498. The number of hydrogen-bond donors (Lipinski definition) is 0. The molecule has 0 radical (unpaired) electrons. The van der Waals surface area contributed by atoms with E-state index in [1.807, 2.05) is 0 Å². The number of ether oxygens (including phenoxy) is 1. The number of rotatable bonds is 3. The van der Waals surface area contributed by atoms with Gasteiger partial charge in [-0.3, -0.25) is 0 Å². The summed E-state index contributed by atoms with van der Waals surface area (Å²) < 4.78 is 10.6. The van der Waals surface area contributed by atoms with Crippen LogP contribution in [0.25, 0.3) is 0 Å². The van der Waals surface area contributed by atoms with Gasteiger partial charge in [-0.15, -0.1) is 0 Å². The van der Waals surface area contributed by atoms with Crippen LogP contribution in [0.1, 0.15) is 16.1 Å². The molecule has 2 heterocycles. The maximum absolute atomic E-state index is 11.6. The van der Waals surface area contributed by atoms with E-state index in [0.29, 0.717) is 10.0 Å². The number of pyridine rings is 1. The summed E-state index contributed by atoms with van der Waals surface area (Å²) in [6.07, 6.45) is 1.39. The van der Waals surface area contributed by atoms with E-state index in [-0.39, 0.29) is 22.7 Å². The molecule has 0 saturated heterocycles. The molecule has 2 aromatic rings. The van der Waals surface area contributed by atoms with Crippen LogP contribution in [0.15, 0.2) is 33.4 Å². The molecule has 0 unspecified atom stereocenters. The fourth-order valence-electron chi connectivity index (χ4n) is 1.20. The standard InChI is InChI=1S/C11H6BrCl2NO3/c12-7-3-4-17-9(7)11(16)18-5-6-1-2-8(13)15-10(6)14/h1-4H,5H2. The first kappa shape index (κ1) is 13.4. The van der Waals surface area contributed by atoms with Crippen LogP contribution in [-0.4, -0.2) is 11.0 Å². The van der Waals surface area contributed by atoms with Gasteiger partial charge in [0.25, 0.3) is 0 Å². The second-order valence-electron chi connectivity index (χ2n) is 3.26. The maximum atomic E-state index is 11.6. The number of furan rings is 1. The van der Waals surface area contributed by atoms with Crippen LogP contribution < -0.4 is 0 Å². The third-order valence-corrected chi connectivity index (χ3v) is 3.22. The van der Waals surface area contributed by atoms with Crippen molar-refractivity contribution in [3.8, 4) is 0 Å². The molecule has 0 aliphatic rings. The molecule has 7 heteroatoms. The number of nitrogens with zero attached hydrogens (tertiary/aromatic N) is 1. The predicted octanol–water partition coefficient (Wildman–Crippen LogP) is 4.10. The van der Waals surface area contributed by atoms with Gasteiger partial charge in [-0.05, 0) is 34.1 Å². The Balaban J connectivity index is 2.04. The molecule has 0 atom stereocenters. The molecule has 0 saturated carbocycles. The van der Waals surface area contributed by atoms with Crippen molar-refractivity contribution in [1.82, 2.24) is 4.98 Å². The number of esters is 1. The van der Waals surface area contributed by atoms with Crippen LogP contribution in [0.4, 0.5) is 0 Å². The third-order valence-electron chi connectivity index (χ3n) is 2.05. The Labute approximate surface area is 121 Å². The number of halogens is 3. The van der Waals surface area contributed by atoms with Gasteiger partial charge in [-0.1, -0.05) is 23.2 Å². The first-order valence-corrected chi connectivity index (χ1v) is 6.34. The lowest BCUT2D eigenvalue weighted by Crippen LogP contribution is -2.05. The van der Waals surface area contributed by atoms with Gasteiger partial charge in [0.05, 0.1) is 10.7 Å². The monoisotopic (exact) mass is 349 g/mol. The van der Waals surface area contributed by atoms with E-state index in [1.165, 1.54) is 6.26 Å². The molecular formula is C11H6BrCl2NO3. The topological polar surface area (TPSA) is 52.3 Å². The van der Waals surface area contributed by atoms with E-state index < -0.39 is 5.97 Å². The zero-order valence-electron chi connectivity index (χ0n) is 8.82. The van der Waals surface area contributed by atoms with Crippen molar-refractivity contribution >= 4 is 45.1 Å². The Morgan fingerprint density at radius 3 is 2.78 bits per heavy atom. The van der Waals surface area contributed by atoms with Crippen LogP contribution in [0, 0.1) is 0 Å². The van der Waals surface area contributed by atoms with E-state index >= 15 is 0 Å². The van der Waals surface area contributed by atoms with Crippen molar-refractivity contribution in [2.24, 2.45) is 0 Å². The van der Waals surface area contributed by atoms with Gasteiger partial charge in [-0.2, -0.15) is 0 Å². The molecule has 0 N–H and O–H groups in total. The van der Waals surface area contributed by atoms with Gasteiger partial charge in [0.2, 0.25) is 5.76 Å². The molecule has 0 aliphatic heterocycles. The lowest BCUT2D eigenvalue weighted by molar-refractivity contribution is 0.0434. The summed E-state index contributed by atoms with van der Waals surface area (Å²) in [5.41, 5.74) is 0.567. The van der Waals surface area contributed by atoms with Gasteiger partial charge >= 0.3 is 5.97 Å². The average molecular weight is 351 g/mol. The molecule has 2 aromatic heterocycles. The lowest BCUT2D eigenvalue weighted by atomic mass is 10.3. The molecule has 4 nitrogen and oxygen atoms in total. The normalized spacial score (nSPS) is 10.4. The summed E-state index contributed by atoms with van der Waals surface area (Å²) >= 11 is 14.7. The summed E-state index contributed by atoms with van der Waals surface area (Å²) in [6, 6.07) is 4.81. The van der Waals surface area contributed by atoms with E-state index in [0.717, 1.165) is 0 Å². The molecule has 94 valence electrons. The summed E-state index contributed by atoms with van der Waals surface area (Å²) in [5, 5.41) is 0.484.